The molecule has 1 aliphatic carbocycles. The van der Waals surface area contributed by atoms with Gasteiger partial charge in [0.2, 0.25) is 0 Å². The number of benzene rings is 1. The molecular formula is C13H14O4S. The van der Waals surface area contributed by atoms with E-state index in [1.54, 1.807) is 6.08 Å². The lowest BCUT2D eigenvalue weighted by Gasteiger charge is -2.17. The Hall–Kier alpha value is -1.62. The first kappa shape index (κ1) is 12.8. The smallest absolute Gasteiger partial charge is 0.335 e. The van der Waals surface area contributed by atoms with Crippen molar-refractivity contribution in [1.29, 1.82) is 0 Å². The van der Waals surface area contributed by atoms with Gasteiger partial charge in [-0.05, 0) is 37.5 Å². The number of carboxylic acids is 1. The van der Waals surface area contributed by atoms with Gasteiger partial charge in [-0.15, -0.1) is 0 Å². The predicted octanol–water partition coefficient (Wildman–Crippen LogP) is 2.27. The van der Waals surface area contributed by atoms with Crippen LogP contribution in [-0.4, -0.2) is 24.7 Å². The van der Waals surface area contributed by atoms with Crippen molar-refractivity contribution in [3.63, 3.8) is 0 Å². The van der Waals surface area contributed by atoms with Crippen LogP contribution in [0.3, 0.4) is 0 Å². The molecule has 0 aliphatic heterocycles. The molecule has 18 heavy (non-hydrogen) atoms. The molecule has 0 fully saturated rings. The maximum Gasteiger partial charge on any atom is 0.335 e. The maximum absolute atomic E-state index is 12.3. The Morgan fingerprint density at radius 3 is 2.72 bits per heavy atom. The number of sulfone groups is 1. The van der Waals surface area contributed by atoms with Gasteiger partial charge in [-0.25, -0.2) is 13.2 Å². The van der Waals surface area contributed by atoms with Crippen LogP contribution in [0.1, 0.15) is 29.6 Å². The van der Waals surface area contributed by atoms with E-state index in [1.807, 2.05) is 6.08 Å². The van der Waals surface area contributed by atoms with Gasteiger partial charge in [-0.3, -0.25) is 0 Å². The first-order valence-electron chi connectivity index (χ1n) is 5.76. The average molecular weight is 266 g/mol. The van der Waals surface area contributed by atoms with E-state index in [0.29, 0.717) is 6.42 Å². The highest BCUT2D eigenvalue weighted by atomic mass is 32.2. The van der Waals surface area contributed by atoms with Gasteiger partial charge in [-0.1, -0.05) is 18.2 Å². The van der Waals surface area contributed by atoms with Crippen molar-refractivity contribution < 1.29 is 18.3 Å². The quantitative estimate of drug-likeness (QED) is 0.852. The largest absolute Gasteiger partial charge is 0.478 e. The third kappa shape index (κ3) is 2.46. The Balaban J connectivity index is 2.40. The van der Waals surface area contributed by atoms with Crippen LogP contribution < -0.4 is 0 Å². The van der Waals surface area contributed by atoms with Crippen molar-refractivity contribution in [2.24, 2.45) is 0 Å². The van der Waals surface area contributed by atoms with Gasteiger partial charge in [-0.2, -0.15) is 0 Å². The summed E-state index contributed by atoms with van der Waals surface area (Å²) >= 11 is 0. The summed E-state index contributed by atoms with van der Waals surface area (Å²) in [6.45, 7) is 0. The first-order chi connectivity index (χ1) is 8.51. The number of carbonyl (C=O) groups is 1. The maximum atomic E-state index is 12.3. The van der Waals surface area contributed by atoms with Crippen molar-refractivity contribution in [2.45, 2.75) is 29.4 Å². The molecule has 0 bridgehead atoms. The fraction of sp³-hybridized carbons (Fsp3) is 0.308. The topological polar surface area (TPSA) is 71.4 Å². The van der Waals surface area contributed by atoms with Gasteiger partial charge >= 0.3 is 5.97 Å². The van der Waals surface area contributed by atoms with E-state index in [0.717, 1.165) is 12.8 Å². The second kappa shape index (κ2) is 4.94. The van der Waals surface area contributed by atoms with Crippen LogP contribution in [0, 0.1) is 0 Å². The summed E-state index contributed by atoms with van der Waals surface area (Å²) < 4.78 is 24.6. The van der Waals surface area contributed by atoms with E-state index in [9.17, 15) is 13.2 Å². The molecule has 2 rings (SSSR count). The van der Waals surface area contributed by atoms with Gasteiger partial charge < -0.3 is 5.11 Å². The monoisotopic (exact) mass is 266 g/mol. The van der Waals surface area contributed by atoms with Crippen molar-refractivity contribution in [2.75, 3.05) is 0 Å². The zero-order valence-corrected chi connectivity index (χ0v) is 10.6. The minimum absolute atomic E-state index is 0.00383. The van der Waals surface area contributed by atoms with Crippen LogP contribution in [0.15, 0.2) is 41.3 Å². The molecule has 1 atom stereocenters. The highest BCUT2D eigenvalue weighted by Crippen LogP contribution is 2.24. The van der Waals surface area contributed by atoms with E-state index >= 15 is 0 Å². The van der Waals surface area contributed by atoms with E-state index in [1.165, 1.54) is 24.3 Å². The van der Waals surface area contributed by atoms with Crippen LogP contribution >= 0.6 is 0 Å². The van der Waals surface area contributed by atoms with E-state index in [2.05, 4.69) is 0 Å². The first-order valence-corrected chi connectivity index (χ1v) is 7.30. The van der Waals surface area contributed by atoms with Crippen molar-refractivity contribution in [3.05, 3.63) is 42.0 Å². The Kier molecular flexibility index (Phi) is 3.52. The molecule has 1 aliphatic rings. The zero-order valence-electron chi connectivity index (χ0n) is 9.74. The third-order valence-corrected chi connectivity index (χ3v) is 5.12. The SMILES string of the molecule is O=C(O)c1cccc(S(=O)(=O)C2C=CCCC2)c1. The van der Waals surface area contributed by atoms with Crippen LogP contribution in [0.4, 0.5) is 0 Å². The van der Waals surface area contributed by atoms with Gasteiger partial charge in [0.05, 0.1) is 15.7 Å². The van der Waals surface area contributed by atoms with Crippen molar-refractivity contribution in [1.82, 2.24) is 0 Å². The predicted molar refractivity (Wildman–Crippen MR) is 67.4 cm³/mol. The van der Waals surface area contributed by atoms with Crippen LogP contribution in [0.2, 0.25) is 0 Å². The molecule has 1 aromatic carbocycles. The molecule has 4 nitrogen and oxygen atoms in total. The summed E-state index contributed by atoms with van der Waals surface area (Å²) in [7, 11) is -3.47. The van der Waals surface area contributed by atoms with Crippen LogP contribution in [0.5, 0.6) is 0 Å². The summed E-state index contributed by atoms with van der Waals surface area (Å²) in [4.78, 5) is 10.9. The molecular weight excluding hydrogens is 252 g/mol. The standard InChI is InChI=1S/C13H14O4S/c14-13(15)10-5-4-8-12(9-10)18(16,17)11-6-2-1-3-7-11/h2,4-6,8-9,11H,1,3,7H2,(H,14,15). The van der Waals surface area contributed by atoms with Crippen LogP contribution in [0.25, 0.3) is 0 Å². The highest BCUT2D eigenvalue weighted by molar-refractivity contribution is 7.92. The lowest BCUT2D eigenvalue weighted by Crippen LogP contribution is -2.21. The van der Waals surface area contributed by atoms with E-state index in [-0.39, 0.29) is 10.5 Å². The molecule has 0 amide bonds. The second-order valence-corrected chi connectivity index (χ2v) is 6.44. The normalized spacial score (nSPS) is 19.7. The van der Waals surface area contributed by atoms with Gasteiger partial charge in [0.1, 0.15) is 0 Å². The number of hydrogen-bond donors (Lipinski definition) is 1. The summed E-state index contributed by atoms with van der Waals surface area (Å²) in [5.74, 6) is -1.12. The number of allylic oxidation sites excluding steroid dienone is 1. The Morgan fingerprint density at radius 1 is 1.33 bits per heavy atom. The summed E-state index contributed by atoms with van der Waals surface area (Å²) in [5, 5.41) is 8.34. The minimum atomic E-state index is -3.47. The molecule has 1 N–H and O–H groups in total. The molecule has 5 heteroatoms. The molecule has 1 unspecified atom stereocenters. The Labute approximate surface area is 106 Å². The minimum Gasteiger partial charge on any atom is -0.478 e. The molecule has 96 valence electrons. The van der Waals surface area contributed by atoms with Crippen LogP contribution in [-0.2, 0) is 9.84 Å². The third-order valence-electron chi connectivity index (χ3n) is 3.02. The van der Waals surface area contributed by atoms with Gasteiger partial charge in [0.25, 0.3) is 0 Å². The molecule has 0 radical (unpaired) electrons. The fourth-order valence-electron chi connectivity index (χ4n) is 2.02. The van der Waals surface area contributed by atoms with Gasteiger partial charge in [0.15, 0.2) is 9.84 Å². The molecule has 0 saturated carbocycles. The molecule has 1 aromatic rings. The summed E-state index contributed by atoms with van der Waals surface area (Å²) in [5.41, 5.74) is -0.00383. The highest BCUT2D eigenvalue weighted by Gasteiger charge is 2.26. The molecule has 0 heterocycles. The number of hydrogen-bond acceptors (Lipinski definition) is 3. The number of aromatic carboxylic acids is 1. The number of rotatable bonds is 3. The summed E-state index contributed by atoms with van der Waals surface area (Å²) in [6, 6.07) is 5.52. The molecule has 0 spiro atoms. The Bertz CT molecular complexity index is 587. The number of carboxylic acid groups (broad SMARTS) is 1. The molecule has 0 aromatic heterocycles. The lowest BCUT2D eigenvalue weighted by molar-refractivity contribution is 0.0696. The fourth-order valence-corrected chi connectivity index (χ4v) is 3.72. The lowest BCUT2D eigenvalue weighted by atomic mass is 10.1. The van der Waals surface area contributed by atoms with E-state index in [4.69, 9.17) is 5.11 Å². The zero-order chi connectivity index (χ0) is 13.2. The van der Waals surface area contributed by atoms with Crippen molar-refractivity contribution >= 4 is 15.8 Å². The molecule has 0 saturated heterocycles. The summed E-state index contributed by atoms with van der Waals surface area (Å²) in [6.07, 6.45) is 5.91. The van der Waals surface area contributed by atoms with Crippen molar-refractivity contribution in [3.8, 4) is 0 Å². The average Bonchev–Trinajstić information content (AvgIpc) is 2.40. The Morgan fingerprint density at radius 2 is 2.11 bits per heavy atom. The second-order valence-electron chi connectivity index (χ2n) is 4.28. The van der Waals surface area contributed by atoms with E-state index < -0.39 is 21.1 Å². The van der Waals surface area contributed by atoms with Gasteiger partial charge in [0, 0.05) is 0 Å².